The summed E-state index contributed by atoms with van der Waals surface area (Å²) in [6, 6.07) is 3.24. The number of rotatable bonds is 5. The van der Waals surface area contributed by atoms with E-state index in [0.717, 1.165) is 28.5 Å². The molecule has 4 nitrogen and oxygen atoms in total. The van der Waals surface area contributed by atoms with Crippen molar-refractivity contribution in [3.8, 4) is 0 Å². The van der Waals surface area contributed by atoms with E-state index in [1.165, 1.54) is 17.4 Å². The van der Waals surface area contributed by atoms with Gasteiger partial charge in [0.1, 0.15) is 10.8 Å². The summed E-state index contributed by atoms with van der Waals surface area (Å²) in [4.78, 5) is 8.38. The normalized spacial score (nSPS) is 13.0. The molecule has 0 aliphatic heterocycles. The Morgan fingerprint density at radius 1 is 1.15 bits per heavy atom. The molecule has 140 valence electrons. The second kappa shape index (κ2) is 6.90. The summed E-state index contributed by atoms with van der Waals surface area (Å²) < 4.78 is 63.6. The number of alkyl halides is 3. The van der Waals surface area contributed by atoms with E-state index >= 15 is 0 Å². The first kappa shape index (κ1) is 19.2. The van der Waals surface area contributed by atoms with Crippen LogP contribution in [0.15, 0.2) is 23.6 Å². The predicted molar refractivity (Wildman–Crippen MR) is 97.2 cm³/mol. The van der Waals surface area contributed by atoms with Crippen molar-refractivity contribution in [1.82, 2.24) is 9.97 Å². The molecule has 0 aliphatic rings. The predicted octanol–water partition coefficient (Wildman–Crippen LogP) is 5.01. The van der Waals surface area contributed by atoms with Crippen molar-refractivity contribution in [1.29, 1.82) is 0 Å². The van der Waals surface area contributed by atoms with Crippen LogP contribution >= 0.6 is 22.7 Å². The maximum absolute atomic E-state index is 12.8. The average Bonchev–Trinajstić information content (AvgIpc) is 3.10. The molecule has 10 heteroatoms. The van der Waals surface area contributed by atoms with Gasteiger partial charge in [0.05, 0.1) is 32.2 Å². The van der Waals surface area contributed by atoms with Gasteiger partial charge in [0, 0.05) is 11.3 Å². The van der Waals surface area contributed by atoms with Gasteiger partial charge in [0.25, 0.3) is 0 Å². The minimum absolute atomic E-state index is 0.158. The minimum atomic E-state index is -4.46. The van der Waals surface area contributed by atoms with Gasteiger partial charge in [-0.3, -0.25) is 0 Å². The highest BCUT2D eigenvalue weighted by atomic mass is 32.2. The maximum atomic E-state index is 12.8. The zero-order chi connectivity index (χ0) is 19.1. The topological polar surface area (TPSA) is 59.9 Å². The van der Waals surface area contributed by atoms with E-state index in [0.29, 0.717) is 10.4 Å². The Bertz CT molecular complexity index is 1040. The van der Waals surface area contributed by atoms with Crippen LogP contribution in [0, 0.1) is 0 Å². The van der Waals surface area contributed by atoms with E-state index in [9.17, 15) is 21.6 Å². The fourth-order valence-electron chi connectivity index (χ4n) is 2.33. The molecule has 0 N–H and O–H groups in total. The first-order valence-corrected chi connectivity index (χ1v) is 11.2. The first-order valence-electron chi connectivity index (χ1n) is 7.65. The van der Waals surface area contributed by atoms with Crippen LogP contribution < -0.4 is 0 Å². The fourth-order valence-corrected chi connectivity index (χ4v) is 5.93. The largest absolute Gasteiger partial charge is 0.416 e. The lowest BCUT2D eigenvalue weighted by Crippen LogP contribution is -2.08. The van der Waals surface area contributed by atoms with Crippen LogP contribution in [0.2, 0.25) is 0 Å². The van der Waals surface area contributed by atoms with Crippen LogP contribution in [0.5, 0.6) is 0 Å². The number of hydrogen-bond acceptors (Lipinski definition) is 6. The third-order valence-electron chi connectivity index (χ3n) is 3.53. The fraction of sp³-hybridized carbons (Fsp3) is 0.375. The molecule has 2 heterocycles. The Morgan fingerprint density at radius 3 is 2.50 bits per heavy atom. The molecule has 3 aromatic rings. The van der Waals surface area contributed by atoms with Crippen molar-refractivity contribution in [2.75, 3.05) is 0 Å². The van der Waals surface area contributed by atoms with Gasteiger partial charge < -0.3 is 0 Å². The zero-order valence-electron chi connectivity index (χ0n) is 13.9. The molecule has 0 atom stereocenters. The molecule has 0 unspecified atom stereocenters. The number of hydrogen-bond donors (Lipinski definition) is 0. The van der Waals surface area contributed by atoms with Crippen molar-refractivity contribution in [3.05, 3.63) is 44.9 Å². The van der Waals surface area contributed by atoms with Crippen molar-refractivity contribution in [3.63, 3.8) is 0 Å². The number of thiazole rings is 2. The third kappa shape index (κ3) is 4.41. The van der Waals surface area contributed by atoms with Crippen LogP contribution in [-0.4, -0.2) is 18.4 Å². The second-order valence-electron chi connectivity index (χ2n) is 6.15. The number of aromatic nitrogens is 2. The maximum Gasteiger partial charge on any atom is 0.416 e. The first-order chi connectivity index (χ1) is 12.0. The van der Waals surface area contributed by atoms with Gasteiger partial charge in [-0.25, -0.2) is 18.4 Å². The quantitative estimate of drug-likeness (QED) is 0.582. The molecular weight excluding hydrogens is 405 g/mol. The molecule has 0 amide bonds. The molecule has 2 aromatic heterocycles. The van der Waals surface area contributed by atoms with Gasteiger partial charge >= 0.3 is 6.18 Å². The van der Waals surface area contributed by atoms with Gasteiger partial charge in [-0.1, -0.05) is 13.8 Å². The molecule has 0 radical (unpaired) electrons. The summed E-state index contributed by atoms with van der Waals surface area (Å²) >= 11 is 2.51. The van der Waals surface area contributed by atoms with Crippen LogP contribution in [0.4, 0.5) is 13.2 Å². The molecule has 26 heavy (non-hydrogen) atoms. The van der Waals surface area contributed by atoms with E-state index in [2.05, 4.69) is 9.97 Å². The minimum Gasteiger partial charge on any atom is -0.245 e. The lowest BCUT2D eigenvalue weighted by atomic mass is 10.2. The number of benzene rings is 1. The highest BCUT2D eigenvalue weighted by molar-refractivity contribution is 7.90. The summed E-state index contributed by atoms with van der Waals surface area (Å²) in [5.41, 5.74) is -0.154. The Hall–Kier alpha value is -1.52. The summed E-state index contributed by atoms with van der Waals surface area (Å²) in [6.45, 7) is 3.96. The Morgan fingerprint density at radius 2 is 1.88 bits per heavy atom. The van der Waals surface area contributed by atoms with Gasteiger partial charge in [-0.2, -0.15) is 13.2 Å². The summed E-state index contributed by atoms with van der Waals surface area (Å²) in [6.07, 6.45) is -4.46. The monoisotopic (exact) mass is 420 g/mol. The van der Waals surface area contributed by atoms with Crippen LogP contribution in [0.25, 0.3) is 10.2 Å². The molecule has 0 saturated carbocycles. The molecule has 0 spiro atoms. The highest BCUT2D eigenvalue weighted by Gasteiger charge is 2.31. The standard InChI is InChI=1S/C16H15F3N2O2S3/c1-9(2)15-20-11(6-24-15)7-26(22,23)8-14-21-12-5-10(16(17,18)19)3-4-13(12)25-14/h3-6,9H,7-8H2,1-2H3. The third-order valence-corrected chi connectivity index (χ3v) is 7.40. The van der Waals surface area contributed by atoms with Gasteiger partial charge in [0.15, 0.2) is 9.84 Å². The smallest absolute Gasteiger partial charge is 0.245 e. The molecule has 0 bridgehead atoms. The average molecular weight is 421 g/mol. The summed E-state index contributed by atoms with van der Waals surface area (Å²) in [5.74, 6) is -0.300. The van der Waals surface area contributed by atoms with E-state index in [4.69, 9.17) is 0 Å². The molecular formula is C16H15F3N2O2S3. The van der Waals surface area contributed by atoms with E-state index in [-0.39, 0.29) is 27.9 Å². The molecule has 0 fully saturated rings. The van der Waals surface area contributed by atoms with E-state index in [1.54, 1.807) is 5.38 Å². The van der Waals surface area contributed by atoms with Crippen LogP contribution in [0.1, 0.15) is 41.0 Å². The van der Waals surface area contributed by atoms with Crippen LogP contribution in [-0.2, 0) is 27.5 Å². The molecule has 0 aliphatic carbocycles. The SMILES string of the molecule is CC(C)c1nc(CS(=O)(=O)Cc2nc3cc(C(F)(F)F)ccc3s2)cs1. The van der Waals surface area contributed by atoms with Crippen molar-refractivity contribution in [2.45, 2.75) is 37.4 Å². The van der Waals surface area contributed by atoms with Crippen molar-refractivity contribution in [2.24, 2.45) is 0 Å². The van der Waals surface area contributed by atoms with Gasteiger partial charge in [0.2, 0.25) is 0 Å². The van der Waals surface area contributed by atoms with Crippen molar-refractivity contribution < 1.29 is 21.6 Å². The van der Waals surface area contributed by atoms with Gasteiger partial charge in [-0.15, -0.1) is 22.7 Å². The number of halogens is 3. The molecule has 0 saturated heterocycles. The molecule has 3 rings (SSSR count). The Kier molecular flexibility index (Phi) is 5.11. The Balaban J connectivity index is 1.80. The summed E-state index contributed by atoms with van der Waals surface area (Å²) in [7, 11) is -3.52. The van der Waals surface area contributed by atoms with Crippen molar-refractivity contribution >= 4 is 42.7 Å². The number of nitrogens with zero attached hydrogens (tertiary/aromatic N) is 2. The van der Waals surface area contributed by atoms with Crippen LogP contribution in [0.3, 0.4) is 0 Å². The number of fused-ring (bicyclic) bond motifs is 1. The second-order valence-corrected chi connectivity index (χ2v) is 10.2. The Labute approximate surface area is 156 Å². The van der Waals surface area contributed by atoms with Gasteiger partial charge in [-0.05, 0) is 18.2 Å². The lowest BCUT2D eigenvalue weighted by Gasteiger charge is -2.04. The van der Waals surface area contributed by atoms with E-state index in [1.807, 2.05) is 13.8 Å². The molecule has 1 aromatic carbocycles. The highest BCUT2D eigenvalue weighted by Crippen LogP contribution is 2.33. The van der Waals surface area contributed by atoms with E-state index < -0.39 is 21.6 Å². The number of sulfone groups is 1. The summed E-state index contributed by atoms with van der Waals surface area (Å²) in [5, 5.41) is 2.87. The zero-order valence-corrected chi connectivity index (χ0v) is 16.3. The lowest BCUT2D eigenvalue weighted by molar-refractivity contribution is -0.137.